The number of halogens is 3. The fourth-order valence-corrected chi connectivity index (χ4v) is 2.84. The van der Waals surface area contributed by atoms with E-state index in [0.717, 1.165) is 38.2 Å². The van der Waals surface area contributed by atoms with E-state index in [4.69, 9.17) is 5.11 Å². The van der Waals surface area contributed by atoms with E-state index < -0.39 is 11.9 Å². The molecule has 0 aliphatic heterocycles. The molecule has 0 radical (unpaired) electrons. The number of alkyl halides is 3. The van der Waals surface area contributed by atoms with E-state index in [0.29, 0.717) is 12.1 Å². The smallest absolute Gasteiger partial charge is 0.396 e. The fraction of sp³-hybridized carbons (Fsp3) is 0.750. The zero-order chi connectivity index (χ0) is 13.2. The Morgan fingerprint density at radius 3 is 2.44 bits per heavy atom. The molecule has 2 rings (SSSR count). The number of H-pyrrole nitrogens is 1. The lowest BCUT2D eigenvalue weighted by Gasteiger charge is -2.35. The van der Waals surface area contributed by atoms with Crippen LogP contribution in [-0.4, -0.2) is 21.9 Å². The second-order valence-corrected chi connectivity index (χ2v) is 4.98. The summed E-state index contributed by atoms with van der Waals surface area (Å²) in [6.45, 7) is -0.0135. The number of aliphatic hydroxyl groups is 1. The summed E-state index contributed by atoms with van der Waals surface area (Å²) in [5, 5.41) is 15.0. The number of aliphatic hydroxyl groups excluding tert-OH is 1. The van der Waals surface area contributed by atoms with E-state index in [1.807, 2.05) is 0 Å². The summed E-state index contributed by atoms with van der Waals surface area (Å²) in [7, 11) is 0. The summed E-state index contributed by atoms with van der Waals surface area (Å²) in [5.74, 6) is 0. The first-order chi connectivity index (χ1) is 8.48. The SMILES string of the molecule is OCCC1(c2cc(C(F)(F)F)n[nH]2)CCCCC1. The average molecular weight is 262 g/mol. The first-order valence-electron chi connectivity index (χ1n) is 6.22. The quantitative estimate of drug-likeness (QED) is 0.879. The molecule has 1 aliphatic carbocycles. The van der Waals surface area contributed by atoms with Gasteiger partial charge in [-0.1, -0.05) is 19.3 Å². The van der Waals surface area contributed by atoms with Crippen molar-refractivity contribution in [1.82, 2.24) is 10.2 Å². The summed E-state index contributed by atoms with van der Waals surface area (Å²) >= 11 is 0. The summed E-state index contributed by atoms with van der Waals surface area (Å²) in [4.78, 5) is 0. The molecule has 1 fully saturated rings. The van der Waals surface area contributed by atoms with Gasteiger partial charge in [-0.25, -0.2) is 0 Å². The molecule has 0 aromatic carbocycles. The molecule has 1 aromatic rings. The Labute approximate surface area is 103 Å². The second kappa shape index (κ2) is 4.91. The first-order valence-corrected chi connectivity index (χ1v) is 6.22. The Bertz CT molecular complexity index is 389. The van der Waals surface area contributed by atoms with Crippen molar-refractivity contribution in [1.29, 1.82) is 0 Å². The van der Waals surface area contributed by atoms with Crippen LogP contribution >= 0.6 is 0 Å². The van der Waals surface area contributed by atoms with Crippen LogP contribution in [-0.2, 0) is 11.6 Å². The largest absolute Gasteiger partial charge is 0.435 e. The van der Waals surface area contributed by atoms with E-state index in [1.165, 1.54) is 0 Å². The Morgan fingerprint density at radius 1 is 1.28 bits per heavy atom. The molecule has 1 saturated carbocycles. The minimum absolute atomic E-state index is 0.0135. The molecule has 0 atom stereocenters. The van der Waals surface area contributed by atoms with Crippen molar-refractivity contribution in [3.63, 3.8) is 0 Å². The Morgan fingerprint density at radius 2 is 1.94 bits per heavy atom. The van der Waals surface area contributed by atoms with Crippen LogP contribution in [0.4, 0.5) is 13.2 Å². The highest BCUT2D eigenvalue weighted by Gasteiger charge is 2.39. The van der Waals surface area contributed by atoms with Crippen molar-refractivity contribution < 1.29 is 18.3 Å². The summed E-state index contributed by atoms with van der Waals surface area (Å²) in [6, 6.07) is 1.10. The predicted molar refractivity (Wildman–Crippen MR) is 60.1 cm³/mol. The van der Waals surface area contributed by atoms with Crippen LogP contribution in [0.15, 0.2) is 6.07 Å². The van der Waals surface area contributed by atoms with Crippen LogP contribution in [0.5, 0.6) is 0 Å². The molecule has 0 amide bonds. The highest BCUT2D eigenvalue weighted by molar-refractivity contribution is 5.21. The second-order valence-electron chi connectivity index (χ2n) is 4.98. The fourth-order valence-electron chi connectivity index (χ4n) is 2.84. The summed E-state index contributed by atoms with van der Waals surface area (Å²) in [5.41, 5.74) is -0.715. The van der Waals surface area contributed by atoms with Gasteiger partial charge in [0.1, 0.15) is 0 Å². The number of nitrogens with zero attached hydrogens (tertiary/aromatic N) is 1. The van der Waals surface area contributed by atoms with E-state index in [-0.39, 0.29) is 12.0 Å². The highest BCUT2D eigenvalue weighted by Crippen LogP contribution is 2.42. The molecule has 1 aliphatic rings. The minimum Gasteiger partial charge on any atom is -0.396 e. The Balaban J connectivity index is 2.28. The number of hydrogen-bond acceptors (Lipinski definition) is 2. The Kier molecular flexibility index (Phi) is 3.66. The molecule has 0 unspecified atom stereocenters. The zero-order valence-corrected chi connectivity index (χ0v) is 10.1. The van der Waals surface area contributed by atoms with Crippen molar-refractivity contribution in [3.8, 4) is 0 Å². The average Bonchev–Trinajstić information content (AvgIpc) is 2.80. The number of hydrogen-bond donors (Lipinski definition) is 2. The minimum atomic E-state index is -4.41. The lowest BCUT2D eigenvalue weighted by Crippen LogP contribution is -2.30. The maximum absolute atomic E-state index is 12.5. The van der Waals surface area contributed by atoms with Crippen LogP contribution in [0.3, 0.4) is 0 Å². The van der Waals surface area contributed by atoms with E-state index in [9.17, 15) is 13.2 Å². The van der Waals surface area contributed by atoms with Crippen LogP contribution < -0.4 is 0 Å². The molecular formula is C12H17F3N2O. The predicted octanol–water partition coefficient (Wildman–Crippen LogP) is 3.01. The van der Waals surface area contributed by atoms with Gasteiger partial charge in [-0.15, -0.1) is 0 Å². The van der Waals surface area contributed by atoms with Crippen molar-refractivity contribution >= 4 is 0 Å². The van der Waals surface area contributed by atoms with Gasteiger partial charge in [0.25, 0.3) is 0 Å². The van der Waals surface area contributed by atoms with Gasteiger partial charge < -0.3 is 5.11 Å². The third-order valence-corrected chi connectivity index (χ3v) is 3.84. The maximum Gasteiger partial charge on any atom is 0.435 e. The van der Waals surface area contributed by atoms with Gasteiger partial charge in [0, 0.05) is 17.7 Å². The number of aromatic nitrogens is 2. The molecule has 6 heteroatoms. The maximum atomic E-state index is 12.5. The molecule has 1 heterocycles. The van der Waals surface area contributed by atoms with Crippen molar-refractivity contribution in [2.24, 2.45) is 0 Å². The molecule has 18 heavy (non-hydrogen) atoms. The Hall–Kier alpha value is -1.04. The molecule has 3 nitrogen and oxygen atoms in total. The van der Waals surface area contributed by atoms with Crippen LogP contribution in [0, 0.1) is 0 Å². The lowest BCUT2D eigenvalue weighted by molar-refractivity contribution is -0.141. The van der Waals surface area contributed by atoms with Gasteiger partial charge in [-0.3, -0.25) is 5.10 Å². The van der Waals surface area contributed by atoms with Gasteiger partial charge in [0.15, 0.2) is 5.69 Å². The highest BCUT2D eigenvalue weighted by atomic mass is 19.4. The van der Waals surface area contributed by atoms with Gasteiger partial charge in [0.05, 0.1) is 0 Å². The van der Waals surface area contributed by atoms with Crippen molar-refractivity contribution in [2.45, 2.75) is 50.1 Å². The molecule has 2 N–H and O–H groups in total. The van der Waals surface area contributed by atoms with Crippen LogP contribution in [0.2, 0.25) is 0 Å². The monoisotopic (exact) mass is 262 g/mol. The molecule has 0 saturated heterocycles. The first kappa shape index (κ1) is 13.4. The zero-order valence-electron chi connectivity index (χ0n) is 10.1. The molecule has 0 spiro atoms. The van der Waals surface area contributed by atoms with Crippen LogP contribution in [0.25, 0.3) is 0 Å². The normalized spacial score (nSPS) is 20.0. The summed E-state index contributed by atoms with van der Waals surface area (Å²) in [6.07, 6.45) is 0.782. The number of aromatic amines is 1. The van der Waals surface area contributed by atoms with Crippen LogP contribution in [0.1, 0.15) is 49.9 Å². The van der Waals surface area contributed by atoms with Crippen molar-refractivity contribution in [2.75, 3.05) is 6.61 Å². The third-order valence-electron chi connectivity index (χ3n) is 3.84. The number of nitrogens with one attached hydrogen (secondary N) is 1. The molecule has 1 aromatic heterocycles. The van der Waals surface area contributed by atoms with E-state index in [1.54, 1.807) is 0 Å². The standard InChI is InChI=1S/C12H17F3N2O/c13-12(14,15)10-8-9(16-17-10)11(6-7-18)4-2-1-3-5-11/h8,18H,1-7H2,(H,16,17). The van der Waals surface area contributed by atoms with Gasteiger partial charge in [0.2, 0.25) is 0 Å². The van der Waals surface area contributed by atoms with E-state index >= 15 is 0 Å². The molecule has 102 valence electrons. The molecule has 0 bridgehead atoms. The van der Waals surface area contributed by atoms with Gasteiger partial charge in [-0.05, 0) is 25.3 Å². The van der Waals surface area contributed by atoms with Crippen molar-refractivity contribution in [3.05, 3.63) is 17.5 Å². The van der Waals surface area contributed by atoms with Gasteiger partial charge in [-0.2, -0.15) is 18.3 Å². The lowest BCUT2D eigenvalue weighted by atomic mass is 9.70. The number of rotatable bonds is 3. The third kappa shape index (κ3) is 2.53. The topological polar surface area (TPSA) is 48.9 Å². The van der Waals surface area contributed by atoms with Gasteiger partial charge >= 0.3 is 6.18 Å². The summed E-state index contributed by atoms with van der Waals surface area (Å²) < 4.78 is 37.6. The molecular weight excluding hydrogens is 245 g/mol. The van der Waals surface area contributed by atoms with E-state index in [2.05, 4.69) is 10.2 Å².